The van der Waals surface area contributed by atoms with E-state index < -0.39 is 22.0 Å². The molecule has 0 aliphatic heterocycles. The van der Waals surface area contributed by atoms with Crippen LogP contribution in [0.5, 0.6) is 0 Å². The zero-order valence-electron chi connectivity index (χ0n) is 16.9. The average Bonchev–Trinajstić information content (AvgIpc) is 3.33. The molecule has 0 N–H and O–H groups in total. The van der Waals surface area contributed by atoms with Gasteiger partial charge in [-0.2, -0.15) is 4.98 Å². The second-order valence-corrected chi connectivity index (χ2v) is 7.29. The van der Waals surface area contributed by atoms with Gasteiger partial charge in [0, 0.05) is 43.7 Å². The number of aryl methyl sites for hydroxylation is 1. The van der Waals surface area contributed by atoms with Gasteiger partial charge in [0.1, 0.15) is 5.82 Å². The summed E-state index contributed by atoms with van der Waals surface area (Å²) in [6, 6.07) is 11.6. The summed E-state index contributed by atoms with van der Waals surface area (Å²) in [5.41, 5.74) is 1.09. The minimum atomic E-state index is -0.512. The molecule has 0 atom stereocenters. The van der Waals surface area contributed by atoms with Gasteiger partial charge < -0.3 is 0 Å². The van der Waals surface area contributed by atoms with Crippen LogP contribution in [0.3, 0.4) is 0 Å². The predicted molar refractivity (Wildman–Crippen MR) is 115 cm³/mol. The number of aromatic nitrogens is 5. The highest BCUT2D eigenvalue weighted by Crippen LogP contribution is 2.30. The summed E-state index contributed by atoms with van der Waals surface area (Å²) >= 11 is 0. The molecule has 0 aliphatic rings. The van der Waals surface area contributed by atoms with E-state index in [1.807, 2.05) is 0 Å². The van der Waals surface area contributed by atoms with Crippen molar-refractivity contribution in [2.45, 2.75) is 0 Å². The molecule has 3 heterocycles. The molecule has 160 valence electrons. The summed E-state index contributed by atoms with van der Waals surface area (Å²) < 4.78 is 19.1. The van der Waals surface area contributed by atoms with Crippen LogP contribution in [-0.2, 0) is 14.1 Å². The molecule has 11 heteroatoms. The Kier molecular flexibility index (Phi) is 4.09. The van der Waals surface area contributed by atoms with E-state index in [9.17, 15) is 24.1 Å². The molecule has 0 saturated heterocycles. The van der Waals surface area contributed by atoms with Gasteiger partial charge in [0.25, 0.3) is 11.2 Å². The number of benzene rings is 2. The lowest BCUT2D eigenvalue weighted by molar-refractivity contribution is -0.384. The molecule has 0 fully saturated rings. The van der Waals surface area contributed by atoms with Crippen molar-refractivity contribution in [3.63, 3.8) is 0 Å². The van der Waals surface area contributed by atoms with E-state index in [2.05, 4.69) is 4.98 Å². The van der Waals surface area contributed by atoms with Crippen molar-refractivity contribution in [1.29, 1.82) is 0 Å². The number of fused-ring (bicyclic) bond motifs is 3. The maximum Gasteiger partial charge on any atom is 0.332 e. The number of hydrogen-bond donors (Lipinski definition) is 0. The zero-order chi connectivity index (χ0) is 22.7. The lowest BCUT2D eigenvalue weighted by Gasteiger charge is -2.09. The van der Waals surface area contributed by atoms with Crippen LogP contribution in [-0.4, -0.2) is 28.0 Å². The van der Waals surface area contributed by atoms with Gasteiger partial charge in [-0.3, -0.25) is 33.0 Å². The SMILES string of the molecule is Cn1c(=O)c2c(nc3n(-c4ccc(F)cc4)c(-c4ccc([N+](=O)[O-])cc4)cn23)n(C)c1=O. The minimum absolute atomic E-state index is 0.0623. The van der Waals surface area contributed by atoms with Gasteiger partial charge >= 0.3 is 5.69 Å². The average molecular weight is 434 g/mol. The molecular formula is C21H15FN6O4. The number of nitro benzene ring substituents is 1. The molecule has 0 aliphatic carbocycles. The van der Waals surface area contributed by atoms with Gasteiger partial charge in [0.15, 0.2) is 11.2 Å². The summed E-state index contributed by atoms with van der Waals surface area (Å²) in [6.45, 7) is 0. The van der Waals surface area contributed by atoms with E-state index in [0.29, 0.717) is 22.7 Å². The number of hydrogen-bond acceptors (Lipinski definition) is 5. The molecule has 0 spiro atoms. The van der Waals surface area contributed by atoms with Crippen LogP contribution in [0.1, 0.15) is 0 Å². The highest BCUT2D eigenvalue weighted by molar-refractivity contribution is 5.79. The van der Waals surface area contributed by atoms with E-state index in [4.69, 9.17) is 0 Å². The quantitative estimate of drug-likeness (QED) is 0.320. The fraction of sp³-hybridized carbons (Fsp3) is 0.0952. The Bertz CT molecular complexity index is 1660. The van der Waals surface area contributed by atoms with Crippen molar-refractivity contribution in [3.8, 4) is 16.9 Å². The molecule has 2 aromatic carbocycles. The van der Waals surface area contributed by atoms with Gasteiger partial charge in [0.2, 0.25) is 5.78 Å². The molecule has 0 radical (unpaired) electrons. The highest BCUT2D eigenvalue weighted by atomic mass is 19.1. The Labute approximate surface area is 178 Å². The maximum absolute atomic E-state index is 13.6. The first-order valence-electron chi connectivity index (χ1n) is 9.48. The second kappa shape index (κ2) is 6.74. The second-order valence-electron chi connectivity index (χ2n) is 7.29. The molecule has 5 rings (SSSR count). The molecule has 3 aromatic heterocycles. The van der Waals surface area contributed by atoms with Crippen molar-refractivity contribution < 1.29 is 9.31 Å². The molecular weight excluding hydrogens is 419 g/mol. The number of imidazole rings is 2. The van der Waals surface area contributed by atoms with Crippen LogP contribution < -0.4 is 11.2 Å². The summed E-state index contributed by atoms with van der Waals surface area (Å²) in [5.74, 6) is -0.0863. The topological polar surface area (TPSA) is 109 Å². The maximum atomic E-state index is 13.6. The van der Waals surface area contributed by atoms with Crippen LogP contribution >= 0.6 is 0 Å². The fourth-order valence-corrected chi connectivity index (χ4v) is 3.77. The molecule has 0 saturated carbocycles. The Morgan fingerprint density at radius 2 is 1.62 bits per heavy atom. The Balaban J connectivity index is 1.90. The third-order valence-corrected chi connectivity index (χ3v) is 5.42. The largest absolute Gasteiger partial charge is 0.332 e. The third-order valence-electron chi connectivity index (χ3n) is 5.42. The standard InChI is InChI=1S/C21H15FN6O4/c1-24-18-17(19(29)25(2)21(24)30)26-11-16(12-3-7-15(8-4-12)28(31)32)27(20(26)23-18)14-9-5-13(22)6-10-14/h3-11H,1-2H3. The number of halogens is 1. The van der Waals surface area contributed by atoms with Crippen molar-refractivity contribution >= 4 is 22.6 Å². The highest BCUT2D eigenvalue weighted by Gasteiger charge is 2.22. The summed E-state index contributed by atoms with van der Waals surface area (Å²) in [7, 11) is 2.91. The van der Waals surface area contributed by atoms with Crippen LogP contribution in [0.2, 0.25) is 0 Å². The van der Waals surface area contributed by atoms with Gasteiger partial charge in [-0.1, -0.05) is 0 Å². The van der Waals surface area contributed by atoms with Crippen LogP contribution in [0.25, 0.3) is 33.9 Å². The Morgan fingerprint density at radius 3 is 2.25 bits per heavy atom. The summed E-state index contributed by atoms with van der Waals surface area (Å²) in [6.07, 6.45) is 1.67. The van der Waals surface area contributed by atoms with Crippen LogP contribution in [0.4, 0.5) is 10.1 Å². The first-order valence-corrected chi connectivity index (χ1v) is 9.48. The van der Waals surface area contributed by atoms with Gasteiger partial charge in [0.05, 0.1) is 10.6 Å². The zero-order valence-corrected chi connectivity index (χ0v) is 16.9. The van der Waals surface area contributed by atoms with Crippen molar-refractivity contribution in [2.24, 2.45) is 14.1 Å². The minimum Gasteiger partial charge on any atom is -0.279 e. The summed E-state index contributed by atoms with van der Waals surface area (Å²) in [5, 5.41) is 11.0. The Hall–Kier alpha value is -4.54. The monoisotopic (exact) mass is 434 g/mol. The molecule has 0 unspecified atom stereocenters. The number of non-ortho nitro benzene ring substituents is 1. The number of nitrogens with zero attached hydrogens (tertiary/aromatic N) is 6. The van der Waals surface area contributed by atoms with Gasteiger partial charge in [-0.15, -0.1) is 0 Å². The van der Waals surface area contributed by atoms with E-state index >= 15 is 0 Å². The smallest absolute Gasteiger partial charge is 0.279 e. The number of nitro groups is 1. The molecule has 0 bridgehead atoms. The van der Waals surface area contributed by atoms with Crippen molar-refractivity contribution in [1.82, 2.24) is 23.1 Å². The molecule has 5 aromatic rings. The van der Waals surface area contributed by atoms with E-state index in [1.54, 1.807) is 39.4 Å². The van der Waals surface area contributed by atoms with E-state index in [-0.39, 0.29) is 16.9 Å². The van der Waals surface area contributed by atoms with Crippen molar-refractivity contribution in [3.05, 3.63) is 91.5 Å². The first kappa shape index (κ1) is 19.4. The van der Waals surface area contributed by atoms with Crippen LogP contribution in [0.15, 0.2) is 64.3 Å². The van der Waals surface area contributed by atoms with Gasteiger partial charge in [-0.05, 0) is 36.4 Å². The fourth-order valence-electron chi connectivity index (χ4n) is 3.77. The lowest BCUT2D eigenvalue weighted by atomic mass is 10.1. The van der Waals surface area contributed by atoms with Crippen molar-refractivity contribution in [2.75, 3.05) is 0 Å². The normalized spacial score (nSPS) is 11.5. The van der Waals surface area contributed by atoms with Gasteiger partial charge in [-0.25, -0.2) is 9.18 Å². The van der Waals surface area contributed by atoms with E-state index in [0.717, 1.165) is 4.57 Å². The number of rotatable bonds is 3. The molecule has 10 nitrogen and oxygen atoms in total. The van der Waals surface area contributed by atoms with Crippen LogP contribution in [0, 0.1) is 15.9 Å². The Morgan fingerprint density at radius 1 is 0.969 bits per heavy atom. The molecule has 32 heavy (non-hydrogen) atoms. The summed E-state index contributed by atoms with van der Waals surface area (Å²) in [4.78, 5) is 40.3. The molecule has 0 amide bonds. The first-order chi connectivity index (χ1) is 15.3. The predicted octanol–water partition coefficient (Wildman–Crippen LogP) is 2.39. The third kappa shape index (κ3) is 2.68. The van der Waals surface area contributed by atoms with E-state index in [1.165, 1.54) is 42.9 Å². The lowest BCUT2D eigenvalue weighted by Crippen LogP contribution is -2.37.